The number of Topliss-reactive ketones (excluding diaryl/α,β-unsaturated/α-hetero) is 2. The van der Waals surface area contributed by atoms with Crippen molar-refractivity contribution >= 4 is 23.1 Å². The third-order valence-corrected chi connectivity index (χ3v) is 7.87. The van der Waals surface area contributed by atoms with E-state index < -0.39 is 42.2 Å². The molecular formula is C30H31NO8. The summed E-state index contributed by atoms with van der Waals surface area (Å²) >= 11 is 0. The van der Waals surface area contributed by atoms with Gasteiger partial charge in [-0.25, -0.2) is 4.79 Å². The van der Waals surface area contributed by atoms with Crippen LogP contribution in [0, 0.1) is 6.92 Å². The van der Waals surface area contributed by atoms with Crippen LogP contribution in [0.1, 0.15) is 89.6 Å². The van der Waals surface area contributed by atoms with Gasteiger partial charge >= 0.3 is 5.97 Å². The fourth-order valence-corrected chi connectivity index (χ4v) is 6.22. The van der Waals surface area contributed by atoms with Crippen LogP contribution in [-0.2, 0) is 14.3 Å². The highest BCUT2D eigenvalue weighted by atomic mass is 16.7. The summed E-state index contributed by atoms with van der Waals surface area (Å²) in [4.78, 5) is 43.2. The van der Waals surface area contributed by atoms with Crippen LogP contribution in [0.5, 0.6) is 11.5 Å². The molecule has 3 heterocycles. The molecule has 2 aromatic carbocycles. The lowest BCUT2D eigenvalue weighted by molar-refractivity contribution is -0.170. The number of aromatic hydroxyl groups is 1. The molecule has 2 N–H and O–H groups in total. The van der Waals surface area contributed by atoms with E-state index in [2.05, 4.69) is 0 Å². The van der Waals surface area contributed by atoms with Gasteiger partial charge in [0.2, 0.25) is 18.3 Å². The summed E-state index contributed by atoms with van der Waals surface area (Å²) in [7, 11) is 0. The van der Waals surface area contributed by atoms with Gasteiger partial charge in [0.1, 0.15) is 23.2 Å². The third kappa shape index (κ3) is 4.03. The van der Waals surface area contributed by atoms with Crippen LogP contribution >= 0.6 is 0 Å². The van der Waals surface area contributed by atoms with Crippen molar-refractivity contribution in [3.05, 3.63) is 63.8 Å². The number of ether oxygens (including phenoxy) is 3. The summed E-state index contributed by atoms with van der Waals surface area (Å²) < 4.78 is 17.7. The van der Waals surface area contributed by atoms with E-state index in [0.717, 1.165) is 18.4 Å². The second-order valence-corrected chi connectivity index (χ2v) is 10.8. The Labute approximate surface area is 226 Å². The largest absolute Gasteiger partial charge is 0.507 e. The number of hydrogen-bond acceptors (Lipinski definition) is 9. The van der Waals surface area contributed by atoms with Crippen molar-refractivity contribution in [3.8, 4) is 11.5 Å². The number of aliphatic hydroxyl groups is 1. The Kier molecular flexibility index (Phi) is 6.23. The maximum Gasteiger partial charge on any atom is 0.331 e. The maximum atomic E-state index is 14.4. The number of allylic oxidation sites excluding steroid dienone is 2. The number of nitrogens with zero attached hydrogens (tertiary/aromatic N) is 1. The van der Waals surface area contributed by atoms with E-state index >= 15 is 0 Å². The Balaban J connectivity index is 1.51. The van der Waals surface area contributed by atoms with E-state index in [1.807, 2.05) is 13.8 Å². The molecule has 9 heteroatoms. The molecule has 0 saturated carbocycles. The molecule has 6 rings (SSSR count). The molecule has 0 aromatic heterocycles. The van der Waals surface area contributed by atoms with Gasteiger partial charge in [0.25, 0.3) is 0 Å². The first-order valence-corrected chi connectivity index (χ1v) is 13.5. The lowest BCUT2D eigenvalue weighted by Gasteiger charge is -2.39. The molecule has 2 saturated heterocycles. The van der Waals surface area contributed by atoms with Crippen molar-refractivity contribution in [1.82, 2.24) is 4.90 Å². The predicted octanol–water partition coefficient (Wildman–Crippen LogP) is 4.19. The zero-order chi connectivity index (χ0) is 27.6. The minimum Gasteiger partial charge on any atom is -0.507 e. The Morgan fingerprint density at radius 1 is 1.10 bits per heavy atom. The number of fused-ring (bicyclic) bond motifs is 6. The number of unbranched alkanes of at least 4 members (excludes halogenated alkanes) is 1. The van der Waals surface area contributed by atoms with Gasteiger partial charge in [0.05, 0.1) is 23.3 Å². The van der Waals surface area contributed by atoms with Gasteiger partial charge in [-0.15, -0.1) is 0 Å². The third-order valence-electron chi connectivity index (χ3n) is 7.87. The Bertz CT molecular complexity index is 1420. The Morgan fingerprint density at radius 2 is 1.90 bits per heavy atom. The summed E-state index contributed by atoms with van der Waals surface area (Å²) in [5, 5.41) is 21.2. The molecule has 2 fully saturated rings. The molecule has 9 nitrogen and oxygen atoms in total. The van der Waals surface area contributed by atoms with E-state index in [-0.39, 0.29) is 52.0 Å². The van der Waals surface area contributed by atoms with Crippen molar-refractivity contribution in [3.63, 3.8) is 0 Å². The van der Waals surface area contributed by atoms with E-state index in [1.165, 1.54) is 6.07 Å². The lowest BCUT2D eigenvalue weighted by Crippen LogP contribution is -2.43. The van der Waals surface area contributed by atoms with Crippen LogP contribution in [0.2, 0.25) is 0 Å². The average molecular weight is 534 g/mol. The van der Waals surface area contributed by atoms with Gasteiger partial charge in [-0.05, 0) is 50.5 Å². The second kappa shape index (κ2) is 9.50. The summed E-state index contributed by atoms with van der Waals surface area (Å²) in [6.07, 6.45) is 0.129. The van der Waals surface area contributed by atoms with Gasteiger partial charge in [-0.2, -0.15) is 0 Å². The lowest BCUT2D eigenvalue weighted by atomic mass is 9.78. The fraction of sp³-hybridized carbons (Fsp3) is 0.433. The monoisotopic (exact) mass is 533 g/mol. The molecular weight excluding hydrogens is 502 g/mol. The number of ketones is 2. The summed E-state index contributed by atoms with van der Waals surface area (Å²) in [5.74, 6) is -1.40. The Morgan fingerprint density at radius 3 is 2.64 bits per heavy atom. The predicted molar refractivity (Wildman–Crippen MR) is 139 cm³/mol. The number of phenolic OH excluding ortho intramolecular Hbond substituents is 1. The first-order chi connectivity index (χ1) is 18.7. The van der Waals surface area contributed by atoms with Gasteiger partial charge in [-0.1, -0.05) is 31.9 Å². The quantitative estimate of drug-likeness (QED) is 0.545. The standard InChI is InChI=1S/C30H31NO8/c1-4-5-8-19-30(36)39-29-18-10-14(2)11-20(33)23(18)25-26(31(19)29)28(35)24-17(27(25)34)7-6-9-21(24)38-22-13-16(32)12-15(3)37-22/h6-7,9-11,15-16,19,22,29,32-33H,4-5,8,12-13H2,1-3H3/t15-,16-,19+,22-,29?/m0/s1. The van der Waals surface area contributed by atoms with Gasteiger partial charge in [0.15, 0.2) is 5.78 Å². The number of carbonyl (C=O) groups is 3. The average Bonchev–Trinajstić information content (AvgIpc) is 3.20. The molecule has 1 unspecified atom stereocenters. The zero-order valence-corrected chi connectivity index (χ0v) is 22.1. The number of carbonyl (C=O) groups excluding carboxylic acids is 3. The van der Waals surface area contributed by atoms with Crippen molar-refractivity contribution in [1.29, 1.82) is 0 Å². The number of phenols is 1. The summed E-state index contributed by atoms with van der Waals surface area (Å²) in [6.45, 7) is 5.65. The van der Waals surface area contributed by atoms with Crippen LogP contribution in [0.3, 0.4) is 0 Å². The van der Waals surface area contributed by atoms with Crippen LogP contribution < -0.4 is 4.74 Å². The van der Waals surface area contributed by atoms with Gasteiger partial charge in [-0.3, -0.25) is 9.59 Å². The van der Waals surface area contributed by atoms with Crippen LogP contribution in [0.15, 0.2) is 36.0 Å². The van der Waals surface area contributed by atoms with E-state index in [0.29, 0.717) is 18.4 Å². The molecule has 204 valence electrons. The smallest absolute Gasteiger partial charge is 0.331 e. The molecule has 3 aliphatic heterocycles. The van der Waals surface area contributed by atoms with E-state index in [4.69, 9.17) is 14.2 Å². The highest BCUT2D eigenvalue weighted by Crippen LogP contribution is 2.52. The maximum absolute atomic E-state index is 14.4. The van der Waals surface area contributed by atoms with Crippen molar-refractivity contribution in [2.75, 3.05) is 0 Å². The minimum atomic E-state index is -0.942. The molecule has 2 aromatic rings. The molecule has 5 atom stereocenters. The zero-order valence-electron chi connectivity index (χ0n) is 22.1. The number of esters is 1. The first kappa shape index (κ1) is 25.6. The van der Waals surface area contributed by atoms with E-state index in [9.17, 15) is 24.6 Å². The molecule has 39 heavy (non-hydrogen) atoms. The summed E-state index contributed by atoms with van der Waals surface area (Å²) in [6, 6.07) is 7.35. The van der Waals surface area contributed by atoms with Gasteiger partial charge in [0, 0.05) is 23.1 Å². The second-order valence-electron chi connectivity index (χ2n) is 10.8. The fourth-order valence-electron chi connectivity index (χ4n) is 6.22. The number of hydrogen-bond donors (Lipinski definition) is 2. The molecule has 1 aliphatic carbocycles. The van der Waals surface area contributed by atoms with Crippen molar-refractivity contribution < 1.29 is 38.8 Å². The first-order valence-electron chi connectivity index (χ1n) is 13.5. The normalized spacial score (nSPS) is 27.5. The summed E-state index contributed by atoms with van der Waals surface area (Å²) in [5.41, 5.74) is 1.73. The minimum absolute atomic E-state index is 0.0325. The molecule has 0 bridgehead atoms. The molecule has 0 spiro atoms. The SMILES string of the molecule is CCCC[C@@H]1C(=O)OC2c3cc(C)cc(O)c3C3=C(C(=O)c4c(O[C@H]5C[C@@H](O)C[C@H](C)O5)cccc4C3=O)N21. The van der Waals surface area contributed by atoms with Crippen molar-refractivity contribution in [2.24, 2.45) is 0 Å². The number of aryl methyl sites for hydroxylation is 1. The van der Waals surface area contributed by atoms with Crippen LogP contribution in [-0.4, -0.2) is 57.2 Å². The van der Waals surface area contributed by atoms with Crippen molar-refractivity contribution in [2.45, 2.75) is 83.6 Å². The number of aliphatic hydroxyl groups excluding tert-OH is 1. The highest BCUT2D eigenvalue weighted by Gasteiger charge is 2.53. The Hall–Kier alpha value is -3.69. The van der Waals surface area contributed by atoms with E-state index in [1.54, 1.807) is 36.1 Å². The number of benzene rings is 2. The molecule has 0 amide bonds. The van der Waals surface area contributed by atoms with Crippen LogP contribution in [0.25, 0.3) is 5.57 Å². The highest BCUT2D eigenvalue weighted by molar-refractivity contribution is 6.41. The molecule has 4 aliphatic rings. The number of rotatable bonds is 5. The van der Waals surface area contributed by atoms with Gasteiger partial charge < -0.3 is 29.3 Å². The topological polar surface area (TPSA) is 123 Å². The van der Waals surface area contributed by atoms with Crippen LogP contribution in [0.4, 0.5) is 0 Å². The molecule has 0 radical (unpaired) electrons.